The Balaban J connectivity index is 0.000000498. The molecule has 0 aromatic heterocycles. The molecule has 0 N–H and O–H groups in total. The first-order chi connectivity index (χ1) is 41.5. The van der Waals surface area contributed by atoms with Gasteiger partial charge in [-0.3, -0.25) is 52.8 Å². The van der Waals surface area contributed by atoms with Crippen molar-refractivity contribution in [3.63, 3.8) is 0 Å². The summed E-state index contributed by atoms with van der Waals surface area (Å²) in [5.74, 6) is -1.72. The van der Waals surface area contributed by atoms with E-state index in [0.717, 1.165) is 148 Å². The molecule has 8 heterocycles. The number of hydroxylamine groups is 2. The highest BCUT2D eigenvalue weighted by Gasteiger charge is 2.32. The van der Waals surface area contributed by atoms with Gasteiger partial charge in [-0.25, -0.2) is 9.59 Å². The fraction of sp³-hybridized carbons (Fsp3) is 0.562. The number of imide groups is 2. The van der Waals surface area contributed by atoms with Crippen molar-refractivity contribution in [2.24, 2.45) is 0 Å². The minimum atomic E-state index is -0.807. The molecule has 10 amide bonds. The van der Waals surface area contributed by atoms with Gasteiger partial charge in [0.15, 0.2) is 0 Å². The van der Waals surface area contributed by atoms with E-state index in [1.807, 2.05) is 24.5 Å². The van der Waals surface area contributed by atoms with Crippen molar-refractivity contribution in [2.75, 3.05) is 98.3 Å². The van der Waals surface area contributed by atoms with Crippen molar-refractivity contribution in [3.05, 3.63) is 99.9 Å². The second-order valence-corrected chi connectivity index (χ2v) is 21.0. The smallest absolute Gasteiger partial charge is 0.356 e. The predicted octanol–water partition coefficient (Wildman–Crippen LogP) is 6.34. The van der Waals surface area contributed by atoms with Crippen LogP contribution in [0.3, 0.4) is 0 Å². The van der Waals surface area contributed by atoms with E-state index in [9.17, 15) is 57.5 Å². The lowest BCUT2D eigenvalue weighted by molar-refractivity contribution is -0.193. The molecule has 0 atom stereocenters. The topological polar surface area (TPSA) is 258 Å². The molecule has 0 aromatic carbocycles. The average molecular weight is 1220 g/mol. The number of piperidine rings is 2. The number of carbonyl (C=O) groups is 12. The second kappa shape index (κ2) is 44.2. The van der Waals surface area contributed by atoms with E-state index in [2.05, 4.69) is 57.5 Å². The standard InChI is InChI=1S/C9H13NO3.C9H15NO.C8H11NO2.C8H13NO2.2C8H13NO.C7H7NO4.C7H11NO/c1-2-9(12)13-7-6-10-5-3-4-8(10)11;1-8(2)9(11)10-6-4-3-5-7-10;1-6(2)8(11)9-5-3-4-7(9)10;1-2-11-7-6-9-5-3-4-8(9)10;1-7(2)8(10)9-5-3-4-6-9;1-2-8(10)9-6-4-3-5-7-9;1-2-7(11)12-8-5(9)3-4-6(8)10;1-2-7(9)8-5-3-4-6-8/h2H,1,3-7H2;1,3-7H2,2H3;1,3-5H2,2H3;2H,1,3-7H2;1,3-6H2,2H3;2H,1,3-7H2;2H,1,3-4H2;2H,1,3-6H2. The number of likely N-dealkylation sites (tertiary alicyclic amines) is 7. The molecule has 0 aliphatic carbocycles. The first kappa shape index (κ1) is 76.8. The minimum absolute atomic E-state index is 0.0713. The van der Waals surface area contributed by atoms with Crippen LogP contribution in [-0.4, -0.2) is 209 Å². The van der Waals surface area contributed by atoms with Crippen LogP contribution >= 0.6 is 0 Å². The molecular formula is C64H96N8O15. The Morgan fingerprint density at radius 1 is 0.391 bits per heavy atom. The number of rotatable bonds is 15. The highest BCUT2D eigenvalue weighted by molar-refractivity contribution is 6.04. The van der Waals surface area contributed by atoms with Gasteiger partial charge in [0.2, 0.25) is 41.4 Å². The van der Waals surface area contributed by atoms with Crippen LogP contribution in [0.25, 0.3) is 0 Å². The van der Waals surface area contributed by atoms with Crippen LogP contribution in [0.1, 0.15) is 136 Å². The van der Waals surface area contributed by atoms with Gasteiger partial charge >= 0.3 is 11.9 Å². The quantitative estimate of drug-likeness (QED) is 0.0570. The molecule has 0 spiro atoms. The summed E-state index contributed by atoms with van der Waals surface area (Å²) >= 11 is 0. The number of ether oxygens (including phenoxy) is 2. The molecule has 87 heavy (non-hydrogen) atoms. The molecule has 8 aliphatic rings. The molecule has 0 saturated carbocycles. The maximum atomic E-state index is 11.3. The van der Waals surface area contributed by atoms with Crippen molar-refractivity contribution in [1.82, 2.24) is 39.4 Å². The molecule has 0 unspecified atom stereocenters. The Labute approximate surface area is 515 Å². The van der Waals surface area contributed by atoms with Crippen LogP contribution in [-0.2, 0) is 71.8 Å². The summed E-state index contributed by atoms with van der Waals surface area (Å²) in [6.07, 6.45) is 22.6. The zero-order chi connectivity index (χ0) is 65.3. The van der Waals surface area contributed by atoms with Crippen molar-refractivity contribution < 1.29 is 71.8 Å². The van der Waals surface area contributed by atoms with E-state index >= 15 is 0 Å². The summed E-state index contributed by atoms with van der Waals surface area (Å²) < 4.78 is 9.66. The first-order valence-corrected chi connectivity index (χ1v) is 30.0. The summed E-state index contributed by atoms with van der Waals surface area (Å²) in [6, 6.07) is 0. The molecule has 482 valence electrons. The number of hydrogen-bond donors (Lipinski definition) is 0. The van der Waals surface area contributed by atoms with E-state index in [4.69, 9.17) is 9.47 Å². The average Bonchev–Trinajstić information content (AvgIpc) is 4.43. The fourth-order valence-electron chi connectivity index (χ4n) is 9.19. The summed E-state index contributed by atoms with van der Waals surface area (Å²) in [6.45, 7) is 44.2. The monoisotopic (exact) mass is 1220 g/mol. The van der Waals surface area contributed by atoms with Crippen molar-refractivity contribution in [1.29, 1.82) is 0 Å². The maximum absolute atomic E-state index is 11.3. The summed E-state index contributed by atoms with van der Waals surface area (Å²) in [7, 11) is 0. The van der Waals surface area contributed by atoms with Gasteiger partial charge in [-0.1, -0.05) is 52.6 Å². The third-order valence-electron chi connectivity index (χ3n) is 14.0. The van der Waals surface area contributed by atoms with Crippen molar-refractivity contribution in [2.45, 2.75) is 136 Å². The second-order valence-electron chi connectivity index (χ2n) is 21.0. The highest BCUT2D eigenvalue weighted by atomic mass is 16.7. The van der Waals surface area contributed by atoms with Gasteiger partial charge in [0.05, 0.1) is 19.4 Å². The summed E-state index contributed by atoms with van der Waals surface area (Å²) in [5.41, 5.74) is 1.74. The van der Waals surface area contributed by atoms with E-state index < -0.39 is 23.8 Å². The largest absolute Gasteiger partial charge is 0.500 e. The van der Waals surface area contributed by atoms with E-state index in [0.29, 0.717) is 67.3 Å². The molecule has 23 nitrogen and oxygen atoms in total. The predicted molar refractivity (Wildman–Crippen MR) is 330 cm³/mol. The third kappa shape index (κ3) is 31.1. The number of hydrogen-bond acceptors (Lipinski definition) is 15. The molecule has 8 aliphatic heterocycles. The molecule has 0 bridgehead atoms. The van der Waals surface area contributed by atoms with Gasteiger partial charge in [-0.15, -0.1) is 5.06 Å². The first-order valence-electron chi connectivity index (χ1n) is 30.0. The number of amides is 10. The van der Waals surface area contributed by atoms with Crippen molar-refractivity contribution in [3.8, 4) is 0 Å². The normalized spacial score (nSPS) is 17.3. The Morgan fingerprint density at radius 3 is 1.07 bits per heavy atom. The van der Waals surface area contributed by atoms with E-state index in [1.54, 1.807) is 25.7 Å². The lowest BCUT2D eigenvalue weighted by atomic mass is 10.1. The van der Waals surface area contributed by atoms with E-state index in [1.165, 1.54) is 36.2 Å². The van der Waals surface area contributed by atoms with Gasteiger partial charge in [0, 0.05) is 133 Å². The Kier molecular flexibility index (Phi) is 39.0. The molecule has 8 rings (SSSR count). The Hall–Kier alpha value is -8.24. The lowest BCUT2D eigenvalue weighted by Crippen LogP contribution is -2.35. The SMILES string of the molecule is C=C(C)C(=O)N1CCCC1.C=C(C)C(=O)N1CCCC1=O.C=C(C)C(=O)N1CCCCC1.C=CC(=O)N1CCCC1.C=CC(=O)N1CCCCC1.C=CC(=O)OCCN1CCCC1=O.C=CC(=O)ON1C(=O)CCC1=O.C=COCCN1CCCC1=O. The third-order valence-corrected chi connectivity index (χ3v) is 14.0. The van der Waals surface area contributed by atoms with Crippen LogP contribution in [0.5, 0.6) is 0 Å². The van der Waals surface area contributed by atoms with Gasteiger partial charge in [0.25, 0.3) is 17.7 Å². The molecule has 8 fully saturated rings. The zero-order valence-electron chi connectivity index (χ0n) is 52.1. The minimum Gasteiger partial charge on any atom is -0.500 e. The number of carbonyl (C=O) groups excluding carboxylic acids is 12. The van der Waals surface area contributed by atoms with Crippen LogP contribution in [0.4, 0.5) is 0 Å². The van der Waals surface area contributed by atoms with Gasteiger partial charge in [0.1, 0.15) is 13.2 Å². The van der Waals surface area contributed by atoms with Gasteiger partial charge in [-0.2, -0.15) is 0 Å². The zero-order valence-corrected chi connectivity index (χ0v) is 52.1. The van der Waals surface area contributed by atoms with Crippen LogP contribution in [0.15, 0.2) is 99.9 Å². The van der Waals surface area contributed by atoms with Gasteiger partial charge in [-0.05, 0) is 116 Å². The number of esters is 1. The molecule has 8 saturated heterocycles. The molecule has 0 radical (unpaired) electrons. The summed E-state index contributed by atoms with van der Waals surface area (Å²) in [4.78, 5) is 148. The van der Waals surface area contributed by atoms with Crippen molar-refractivity contribution >= 4 is 71.0 Å². The Bertz CT molecular complexity index is 2410. The van der Waals surface area contributed by atoms with Gasteiger partial charge < -0.3 is 43.7 Å². The number of nitrogens with zero attached hydrogens (tertiary/aromatic N) is 8. The Morgan fingerprint density at radius 2 is 0.747 bits per heavy atom. The fourth-order valence-corrected chi connectivity index (χ4v) is 9.19. The molecule has 23 heteroatoms. The molecule has 0 aromatic rings. The van der Waals surface area contributed by atoms with Crippen LogP contribution in [0.2, 0.25) is 0 Å². The van der Waals surface area contributed by atoms with E-state index in [-0.39, 0.29) is 66.7 Å². The molecular weight excluding hydrogens is 1120 g/mol. The van der Waals surface area contributed by atoms with Crippen LogP contribution in [0, 0.1) is 0 Å². The lowest BCUT2D eigenvalue weighted by Gasteiger charge is -2.26. The van der Waals surface area contributed by atoms with Crippen LogP contribution < -0.4 is 0 Å². The highest BCUT2D eigenvalue weighted by Crippen LogP contribution is 2.16. The maximum Gasteiger partial charge on any atom is 0.356 e. The summed E-state index contributed by atoms with van der Waals surface area (Å²) in [5, 5.41) is 0.476.